The van der Waals surface area contributed by atoms with Gasteiger partial charge in [-0.05, 0) is 13.8 Å². The van der Waals surface area contributed by atoms with Gasteiger partial charge < -0.3 is 9.64 Å². The van der Waals surface area contributed by atoms with E-state index in [0.29, 0.717) is 12.2 Å². The molecular weight excluding hydrogens is 142 g/mol. The molecule has 0 unspecified atom stereocenters. The maximum absolute atomic E-state index is 11.1. The van der Waals surface area contributed by atoms with Gasteiger partial charge in [0.25, 0.3) is 0 Å². The molecule has 1 aliphatic heterocycles. The molecule has 0 spiro atoms. The van der Waals surface area contributed by atoms with E-state index in [9.17, 15) is 4.79 Å². The summed E-state index contributed by atoms with van der Waals surface area (Å²) in [7, 11) is 1.73. The summed E-state index contributed by atoms with van der Waals surface area (Å²) >= 11 is 0. The standard InChI is InChI=1S/C8H13NO2/c1-6-5-8(2,3)9(4)7(10)11-6/h1,5H2,2-4H3. The fourth-order valence-corrected chi connectivity index (χ4v) is 1.08. The molecule has 1 rings (SSSR count). The van der Waals surface area contributed by atoms with Crippen molar-refractivity contribution in [1.82, 2.24) is 4.90 Å². The van der Waals surface area contributed by atoms with E-state index in [1.165, 1.54) is 0 Å². The normalized spacial score (nSPS) is 23.4. The van der Waals surface area contributed by atoms with Gasteiger partial charge in [-0.3, -0.25) is 0 Å². The molecule has 11 heavy (non-hydrogen) atoms. The van der Waals surface area contributed by atoms with Crippen molar-refractivity contribution < 1.29 is 9.53 Å². The third-order valence-electron chi connectivity index (χ3n) is 2.04. The predicted octanol–water partition coefficient (Wildman–Crippen LogP) is 1.75. The van der Waals surface area contributed by atoms with Crippen molar-refractivity contribution in [2.24, 2.45) is 0 Å². The third kappa shape index (κ3) is 1.37. The number of hydrogen-bond donors (Lipinski definition) is 0. The smallest absolute Gasteiger partial charge is 0.415 e. The van der Waals surface area contributed by atoms with Crippen LogP contribution in [0.15, 0.2) is 12.3 Å². The number of rotatable bonds is 0. The van der Waals surface area contributed by atoms with Crippen LogP contribution in [0.1, 0.15) is 20.3 Å². The summed E-state index contributed by atoms with van der Waals surface area (Å²) in [6, 6.07) is 0. The minimum absolute atomic E-state index is 0.160. The van der Waals surface area contributed by atoms with Crippen LogP contribution in [0.5, 0.6) is 0 Å². The van der Waals surface area contributed by atoms with Gasteiger partial charge >= 0.3 is 6.09 Å². The first-order valence-corrected chi connectivity index (χ1v) is 3.57. The quantitative estimate of drug-likeness (QED) is 0.533. The van der Waals surface area contributed by atoms with E-state index in [1.54, 1.807) is 11.9 Å². The SMILES string of the molecule is C=C1CC(C)(C)N(C)C(=O)O1. The first-order valence-electron chi connectivity index (χ1n) is 3.57. The minimum atomic E-state index is -0.314. The number of cyclic esters (lactones) is 1. The lowest BCUT2D eigenvalue weighted by Crippen LogP contribution is -2.49. The van der Waals surface area contributed by atoms with E-state index in [1.807, 2.05) is 13.8 Å². The van der Waals surface area contributed by atoms with Crippen molar-refractivity contribution in [3.8, 4) is 0 Å². The number of carbonyl (C=O) groups is 1. The van der Waals surface area contributed by atoms with Crippen molar-refractivity contribution in [2.45, 2.75) is 25.8 Å². The highest BCUT2D eigenvalue weighted by Crippen LogP contribution is 2.27. The highest BCUT2D eigenvalue weighted by Gasteiger charge is 2.34. The number of ether oxygens (including phenoxy) is 1. The fraction of sp³-hybridized carbons (Fsp3) is 0.625. The molecule has 0 aromatic heterocycles. The van der Waals surface area contributed by atoms with Crippen LogP contribution < -0.4 is 0 Å². The summed E-state index contributed by atoms with van der Waals surface area (Å²) in [6.07, 6.45) is 0.390. The summed E-state index contributed by atoms with van der Waals surface area (Å²) in [5.74, 6) is 0.554. The molecule has 0 saturated carbocycles. The van der Waals surface area contributed by atoms with Crippen molar-refractivity contribution in [3.63, 3.8) is 0 Å². The summed E-state index contributed by atoms with van der Waals surface area (Å²) in [5, 5.41) is 0. The zero-order valence-corrected chi connectivity index (χ0v) is 7.18. The van der Waals surface area contributed by atoms with Gasteiger partial charge in [-0.1, -0.05) is 6.58 Å². The van der Waals surface area contributed by atoms with Crippen molar-refractivity contribution >= 4 is 6.09 Å². The van der Waals surface area contributed by atoms with Crippen LogP contribution >= 0.6 is 0 Å². The van der Waals surface area contributed by atoms with Gasteiger partial charge in [0, 0.05) is 19.0 Å². The maximum Gasteiger partial charge on any atom is 0.415 e. The van der Waals surface area contributed by atoms with Crippen molar-refractivity contribution in [3.05, 3.63) is 12.3 Å². The molecule has 3 nitrogen and oxygen atoms in total. The largest absolute Gasteiger partial charge is 0.415 e. The van der Waals surface area contributed by atoms with Crippen LogP contribution in [0.3, 0.4) is 0 Å². The Kier molecular flexibility index (Phi) is 1.66. The summed E-state index contributed by atoms with van der Waals surface area (Å²) in [4.78, 5) is 12.6. The number of hydrogen-bond acceptors (Lipinski definition) is 2. The third-order valence-corrected chi connectivity index (χ3v) is 2.04. The molecule has 62 valence electrons. The molecule has 1 saturated heterocycles. The lowest BCUT2D eigenvalue weighted by atomic mass is 9.97. The van der Waals surface area contributed by atoms with Crippen LogP contribution in [0, 0.1) is 0 Å². The Morgan fingerprint density at radius 1 is 1.64 bits per heavy atom. The average molecular weight is 155 g/mol. The fourth-order valence-electron chi connectivity index (χ4n) is 1.08. The van der Waals surface area contributed by atoms with Gasteiger partial charge in [0.15, 0.2) is 0 Å². The number of nitrogens with zero attached hydrogens (tertiary/aromatic N) is 1. The molecule has 0 aromatic rings. The zero-order valence-electron chi connectivity index (χ0n) is 7.18. The van der Waals surface area contributed by atoms with Crippen LogP contribution in [0.2, 0.25) is 0 Å². The molecule has 0 bridgehead atoms. The van der Waals surface area contributed by atoms with E-state index >= 15 is 0 Å². The molecule has 1 aliphatic rings. The summed E-state index contributed by atoms with van der Waals surface area (Å²) in [6.45, 7) is 7.59. The molecule has 3 heteroatoms. The molecule has 0 radical (unpaired) electrons. The van der Waals surface area contributed by atoms with Crippen molar-refractivity contribution in [2.75, 3.05) is 7.05 Å². The van der Waals surface area contributed by atoms with E-state index in [4.69, 9.17) is 4.74 Å². The monoisotopic (exact) mass is 155 g/mol. The molecule has 0 atom stereocenters. The van der Waals surface area contributed by atoms with Crippen LogP contribution in [-0.2, 0) is 4.74 Å². The van der Waals surface area contributed by atoms with Crippen molar-refractivity contribution in [1.29, 1.82) is 0 Å². The second-order valence-corrected chi connectivity index (χ2v) is 3.45. The van der Waals surface area contributed by atoms with Crippen LogP contribution in [0.25, 0.3) is 0 Å². The van der Waals surface area contributed by atoms with E-state index in [0.717, 1.165) is 0 Å². The Hall–Kier alpha value is -0.990. The van der Waals surface area contributed by atoms with Crippen LogP contribution in [-0.4, -0.2) is 23.6 Å². The Morgan fingerprint density at radius 3 is 2.64 bits per heavy atom. The van der Waals surface area contributed by atoms with Gasteiger partial charge in [-0.2, -0.15) is 0 Å². The molecule has 1 heterocycles. The second-order valence-electron chi connectivity index (χ2n) is 3.45. The van der Waals surface area contributed by atoms with Gasteiger partial charge in [0.2, 0.25) is 0 Å². The second kappa shape index (κ2) is 2.26. The lowest BCUT2D eigenvalue weighted by molar-refractivity contribution is 0.0581. The predicted molar refractivity (Wildman–Crippen MR) is 42.1 cm³/mol. The van der Waals surface area contributed by atoms with Gasteiger partial charge in [0.05, 0.1) is 0 Å². The Morgan fingerprint density at radius 2 is 2.18 bits per heavy atom. The van der Waals surface area contributed by atoms with Gasteiger partial charge in [0.1, 0.15) is 5.76 Å². The maximum atomic E-state index is 11.1. The first-order chi connectivity index (χ1) is 4.93. The number of carbonyl (C=O) groups excluding carboxylic acids is 1. The summed E-state index contributed by atoms with van der Waals surface area (Å²) in [5.41, 5.74) is -0.160. The molecule has 1 fully saturated rings. The van der Waals surface area contributed by atoms with E-state index < -0.39 is 0 Å². The molecular formula is C8H13NO2. The molecule has 0 aliphatic carbocycles. The molecule has 0 aromatic carbocycles. The van der Waals surface area contributed by atoms with Crippen LogP contribution in [0.4, 0.5) is 4.79 Å². The van der Waals surface area contributed by atoms with E-state index in [2.05, 4.69) is 6.58 Å². The summed E-state index contributed by atoms with van der Waals surface area (Å²) < 4.78 is 4.83. The van der Waals surface area contributed by atoms with Gasteiger partial charge in [-0.15, -0.1) is 0 Å². The van der Waals surface area contributed by atoms with E-state index in [-0.39, 0.29) is 11.6 Å². The Labute approximate surface area is 66.6 Å². The number of amides is 1. The highest BCUT2D eigenvalue weighted by molar-refractivity contribution is 5.70. The average Bonchev–Trinajstić information content (AvgIpc) is 1.81. The molecule has 0 N–H and O–H groups in total. The highest BCUT2D eigenvalue weighted by atomic mass is 16.6. The Bertz CT molecular complexity index is 208. The molecule has 1 amide bonds. The first kappa shape index (κ1) is 8.11. The van der Waals surface area contributed by atoms with Gasteiger partial charge in [-0.25, -0.2) is 4.79 Å². The zero-order chi connectivity index (χ0) is 8.65. The topological polar surface area (TPSA) is 29.5 Å². The minimum Gasteiger partial charge on any atom is -0.415 e. The lowest BCUT2D eigenvalue weighted by Gasteiger charge is -2.39. The Balaban J connectivity index is 2.83.